The summed E-state index contributed by atoms with van der Waals surface area (Å²) >= 11 is 0. The number of hydrogen-bond acceptors (Lipinski definition) is 8. The Bertz CT molecular complexity index is 856. The summed E-state index contributed by atoms with van der Waals surface area (Å²) in [6.07, 6.45) is -0.138. The Kier molecular flexibility index (Phi) is 9.89. The molecule has 0 unspecified atom stereocenters. The number of rotatable bonds is 9. The van der Waals surface area contributed by atoms with Crippen LogP contribution in [-0.4, -0.2) is 82.1 Å². The van der Waals surface area contributed by atoms with E-state index in [-0.39, 0.29) is 5.75 Å². The van der Waals surface area contributed by atoms with Crippen LogP contribution in [0.25, 0.3) is 0 Å². The van der Waals surface area contributed by atoms with E-state index in [4.69, 9.17) is 21.0 Å². The SMILES string of the molecule is C#CCCCCNC(=O)Nc1ccc(O[C@H]2O[C@H](CNC(=O)C(=O)O)[C@@H](O)[C@H](O)[C@@H]2O)cc1. The maximum atomic E-state index is 11.9. The van der Waals surface area contributed by atoms with Gasteiger partial charge < -0.3 is 45.9 Å². The molecule has 0 aromatic heterocycles. The molecular formula is C21H27N3O9. The maximum absolute atomic E-state index is 11.9. The van der Waals surface area contributed by atoms with Crippen molar-refractivity contribution in [3.05, 3.63) is 24.3 Å². The van der Waals surface area contributed by atoms with Crippen molar-refractivity contribution in [2.75, 3.05) is 18.4 Å². The minimum absolute atomic E-state index is 0.219. The monoisotopic (exact) mass is 465 g/mol. The molecule has 1 heterocycles. The molecule has 3 amide bonds. The third-order valence-electron chi connectivity index (χ3n) is 4.72. The number of unbranched alkanes of at least 4 members (excludes halogenated alkanes) is 2. The van der Waals surface area contributed by atoms with Crippen molar-refractivity contribution in [3.8, 4) is 18.1 Å². The van der Waals surface area contributed by atoms with Crippen LogP contribution in [0.4, 0.5) is 10.5 Å². The lowest BCUT2D eigenvalue weighted by Crippen LogP contribution is -2.61. The summed E-state index contributed by atoms with van der Waals surface area (Å²) in [4.78, 5) is 33.7. The topological polar surface area (TPSA) is 187 Å². The summed E-state index contributed by atoms with van der Waals surface area (Å²) in [5, 5.41) is 46.2. The van der Waals surface area contributed by atoms with Crippen molar-refractivity contribution < 1.29 is 44.3 Å². The summed E-state index contributed by atoms with van der Waals surface area (Å²) in [5.74, 6) is -0.294. The zero-order valence-electron chi connectivity index (χ0n) is 17.6. The van der Waals surface area contributed by atoms with Gasteiger partial charge in [0.25, 0.3) is 0 Å². The third kappa shape index (κ3) is 7.92. The quantitative estimate of drug-likeness (QED) is 0.136. The Hall–Kier alpha value is -3.37. The van der Waals surface area contributed by atoms with Crippen LogP contribution in [0.2, 0.25) is 0 Å². The number of hydrogen-bond donors (Lipinski definition) is 7. The number of carboxylic acid groups (broad SMARTS) is 1. The van der Waals surface area contributed by atoms with E-state index in [1.807, 2.05) is 5.32 Å². The predicted octanol–water partition coefficient (Wildman–Crippen LogP) is -1.00. The molecule has 1 saturated heterocycles. The average Bonchev–Trinajstić information content (AvgIpc) is 2.79. The van der Waals surface area contributed by atoms with Crippen LogP contribution in [0.3, 0.4) is 0 Å². The minimum atomic E-state index is -1.72. The van der Waals surface area contributed by atoms with Crippen molar-refractivity contribution in [2.45, 2.75) is 50.0 Å². The average molecular weight is 465 g/mol. The van der Waals surface area contributed by atoms with Crippen LogP contribution in [0.5, 0.6) is 5.75 Å². The number of benzene rings is 1. The Morgan fingerprint density at radius 3 is 2.36 bits per heavy atom. The molecule has 1 aliphatic rings. The smallest absolute Gasteiger partial charge is 0.394 e. The molecular weight excluding hydrogens is 438 g/mol. The highest BCUT2D eigenvalue weighted by Gasteiger charge is 2.45. The van der Waals surface area contributed by atoms with Crippen LogP contribution in [-0.2, 0) is 14.3 Å². The number of carbonyl (C=O) groups excluding carboxylic acids is 2. The first-order chi connectivity index (χ1) is 15.7. The van der Waals surface area contributed by atoms with Gasteiger partial charge in [0.1, 0.15) is 30.2 Å². The van der Waals surface area contributed by atoms with Gasteiger partial charge in [-0.3, -0.25) is 4.79 Å². The van der Waals surface area contributed by atoms with Gasteiger partial charge in [0.05, 0.1) is 0 Å². The molecule has 0 aliphatic carbocycles. The number of nitrogens with one attached hydrogen (secondary N) is 3. The number of ether oxygens (including phenoxy) is 2. The highest BCUT2D eigenvalue weighted by atomic mass is 16.7. The van der Waals surface area contributed by atoms with Crippen molar-refractivity contribution in [1.82, 2.24) is 10.6 Å². The van der Waals surface area contributed by atoms with Gasteiger partial charge in [-0.05, 0) is 37.1 Å². The van der Waals surface area contributed by atoms with Crippen molar-refractivity contribution in [2.24, 2.45) is 0 Å². The lowest BCUT2D eigenvalue weighted by molar-refractivity contribution is -0.270. The lowest BCUT2D eigenvalue weighted by Gasteiger charge is -2.40. The van der Waals surface area contributed by atoms with Gasteiger partial charge in [-0.1, -0.05) is 0 Å². The Morgan fingerprint density at radius 1 is 1.03 bits per heavy atom. The van der Waals surface area contributed by atoms with Gasteiger partial charge in [-0.25, -0.2) is 9.59 Å². The second-order valence-corrected chi connectivity index (χ2v) is 7.21. The lowest BCUT2D eigenvalue weighted by atomic mass is 9.99. The minimum Gasteiger partial charge on any atom is -0.474 e. The van der Waals surface area contributed by atoms with E-state index >= 15 is 0 Å². The van der Waals surface area contributed by atoms with Crippen LogP contribution < -0.4 is 20.7 Å². The van der Waals surface area contributed by atoms with Gasteiger partial charge >= 0.3 is 17.9 Å². The normalized spacial score (nSPS) is 24.2. The van der Waals surface area contributed by atoms with Crippen molar-refractivity contribution in [1.29, 1.82) is 0 Å². The van der Waals surface area contributed by atoms with Gasteiger partial charge in [-0.15, -0.1) is 12.3 Å². The first kappa shape index (κ1) is 25.9. The molecule has 33 heavy (non-hydrogen) atoms. The predicted molar refractivity (Wildman–Crippen MR) is 114 cm³/mol. The standard InChI is InChI=1S/C21H27N3O9/c1-2-3-4-5-10-22-21(31)24-12-6-8-13(9-7-12)32-20-17(27)16(26)15(25)14(33-20)11-23-18(28)19(29)30/h1,6-9,14-17,20,25-27H,3-5,10-11H2,(H,23,28)(H,29,30)(H2,22,24,31)/t14-,15-,16+,17+,20+/m1/s1. The van der Waals surface area contributed by atoms with E-state index in [0.717, 1.165) is 12.8 Å². The molecule has 12 heteroatoms. The largest absolute Gasteiger partial charge is 0.474 e. The van der Waals surface area contributed by atoms with Crippen molar-refractivity contribution >= 4 is 23.6 Å². The molecule has 0 radical (unpaired) electrons. The summed E-state index contributed by atoms with van der Waals surface area (Å²) in [5.41, 5.74) is 0.471. The van der Waals surface area contributed by atoms with Crippen molar-refractivity contribution in [3.63, 3.8) is 0 Å². The maximum Gasteiger partial charge on any atom is 0.394 e. The van der Waals surface area contributed by atoms with E-state index in [1.165, 1.54) is 24.3 Å². The first-order valence-corrected chi connectivity index (χ1v) is 10.2. The third-order valence-corrected chi connectivity index (χ3v) is 4.72. The highest BCUT2D eigenvalue weighted by Crippen LogP contribution is 2.25. The molecule has 1 fully saturated rings. The molecule has 7 N–H and O–H groups in total. The van der Waals surface area contributed by atoms with E-state index < -0.39 is 55.2 Å². The molecule has 0 spiro atoms. The summed E-state index contributed by atoms with van der Waals surface area (Å²) in [6, 6.07) is 5.66. The second kappa shape index (κ2) is 12.6. The number of anilines is 1. The molecule has 1 aliphatic heterocycles. The molecule has 5 atom stereocenters. The Labute approximate surface area is 189 Å². The highest BCUT2D eigenvalue weighted by molar-refractivity contribution is 6.31. The zero-order chi connectivity index (χ0) is 24.4. The molecule has 1 aromatic carbocycles. The summed E-state index contributed by atoms with van der Waals surface area (Å²) in [6.45, 7) is 0.0462. The van der Waals surface area contributed by atoms with Crippen LogP contribution >= 0.6 is 0 Å². The molecule has 12 nitrogen and oxygen atoms in total. The molecule has 180 valence electrons. The first-order valence-electron chi connectivity index (χ1n) is 10.2. The van der Waals surface area contributed by atoms with Gasteiger partial charge in [0.2, 0.25) is 6.29 Å². The molecule has 0 bridgehead atoms. The van der Waals surface area contributed by atoms with Crippen LogP contribution in [0.15, 0.2) is 24.3 Å². The van der Waals surface area contributed by atoms with Gasteiger partial charge in [0.15, 0.2) is 0 Å². The fourth-order valence-electron chi connectivity index (χ4n) is 2.93. The van der Waals surface area contributed by atoms with Crippen LogP contribution in [0.1, 0.15) is 19.3 Å². The van der Waals surface area contributed by atoms with E-state index in [1.54, 1.807) is 0 Å². The number of carbonyl (C=O) groups is 3. The van der Waals surface area contributed by atoms with E-state index in [2.05, 4.69) is 16.6 Å². The molecule has 0 saturated carbocycles. The number of aliphatic hydroxyl groups is 3. The Balaban J connectivity index is 1.89. The Morgan fingerprint density at radius 2 is 1.73 bits per heavy atom. The van der Waals surface area contributed by atoms with Gasteiger partial charge in [0, 0.05) is 25.2 Å². The molecule has 1 aromatic rings. The summed E-state index contributed by atoms with van der Waals surface area (Å²) in [7, 11) is 0. The number of terminal acetylenes is 1. The van der Waals surface area contributed by atoms with E-state index in [9.17, 15) is 29.7 Å². The molecule has 2 rings (SSSR count). The zero-order valence-corrected chi connectivity index (χ0v) is 17.6. The fourth-order valence-corrected chi connectivity index (χ4v) is 2.93. The van der Waals surface area contributed by atoms with Crippen LogP contribution in [0, 0.1) is 12.3 Å². The van der Waals surface area contributed by atoms with E-state index in [0.29, 0.717) is 18.7 Å². The number of urea groups is 1. The van der Waals surface area contributed by atoms with Gasteiger partial charge in [-0.2, -0.15) is 0 Å². The number of aliphatic hydroxyl groups excluding tert-OH is 3. The number of carboxylic acids is 1. The fraction of sp³-hybridized carbons (Fsp3) is 0.476. The second-order valence-electron chi connectivity index (χ2n) is 7.21. The number of aliphatic carboxylic acids is 1. The number of amides is 3. The summed E-state index contributed by atoms with van der Waals surface area (Å²) < 4.78 is 10.9.